The lowest BCUT2D eigenvalue weighted by molar-refractivity contribution is -0.385. The van der Waals surface area contributed by atoms with Crippen molar-refractivity contribution in [3.8, 4) is 0 Å². The van der Waals surface area contributed by atoms with Gasteiger partial charge in [0.25, 0.3) is 5.69 Å². The van der Waals surface area contributed by atoms with Crippen molar-refractivity contribution in [3.63, 3.8) is 0 Å². The van der Waals surface area contributed by atoms with Gasteiger partial charge in [-0.15, -0.1) is 0 Å². The Kier molecular flexibility index (Phi) is 5.88. The molecule has 0 spiro atoms. The molecule has 0 amide bonds. The lowest BCUT2D eigenvalue weighted by atomic mass is 10.3. The number of rotatable bonds is 8. The summed E-state index contributed by atoms with van der Waals surface area (Å²) in [4.78, 5) is 13.1. The van der Waals surface area contributed by atoms with E-state index in [1.54, 1.807) is 32.2 Å². The molecule has 0 saturated heterocycles. The topological polar surface area (TPSA) is 121 Å². The van der Waals surface area contributed by atoms with Gasteiger partial charge < -0.3 is 4.98 Å². The van der Waals surface area contributed by atoms with Crippen molar-refractivity contribution in [2.24, 2.45) is 5.10 Å². The van der Waals surface area contributed by atoms with Crippen LogP contribution in [-0.2, 0) is 10.0 Å². The normalized spacial score (nSPS) is 12.0. The van der Waals surface area contributed by atoms with Crippen molar-refractivity contribution in [2.45, 2.75) is 18.7 Å². The number of H-pyrrole nitrogens is 1. The highest BCUT2D eigenvalue weighted by molar-refractivity contribution is 7.89. The number of anilines is 1. The summed E-state index contributed by atoms with van der Waals surface area (Å²) in [5, 5.41) is 15.0. The van der Waals surface area contributed by atoms with Gasteiger partial charge in [0.1, 0.15) is 4.90 Å². The van der Waals surface area contributed by atoms with Crippen LogP contribution in [0.3, 0.4) is 0 Å². The van der Waals surface area contributed by atoms with Crippen LogP contribution in [-0.4, -0.2) is 41.9 Å². The van der Waals surface area contributed by atoms with Gasteiger partial charge in [-0.3, -0.25) is 15.5 Å². The maximum atomic E-state index is 12.8. The Bertz CT molecular complexity index is 858. The summed E-state index contributed by atoms with van der Waals surface area (Å²) in [6.45, 7) is 3.92. The molecule has 134 valence electrons. The fourth-order valence-electron chi connectivity index (χ4n) is 2.23. The molecule has 1 heterocycles. The molecule has 0 aliphatic heterocycles. The van der Waals surface area contributed by atoms with Crippen LogP contribution in [0, 0.1) is 10.1 Å². The maximum Gasteiger partial charge on any atom is 0.270 e. The van der Waals surface area contributed by atoms with Crippen LogP contribution < -0.4 is 5.43 Å². The summed E-state index contributed by atoms with van der Waals surface area (Å²) in [6.07, 6.45) is 3.21. The molecule has 0 radical (unpaired) electrons. The number of hydrazone groups is 1. The van der Waals surface area contributed by atoms with Gasteiger partial charge in [-0.05, 0) is 18.2 Å². The molecule has 2 N–H and O–H groups in total. The Balaban J connectivity index is 2.43. The number of nitrogens with zero attached hydrogens (tertiary/aromatic N) is 3. The van der Waals surface area contributed by atoms with E-state index in [9.17, 15) is 18.5 Å². The van der Waals surface area contributed by atoms with Crippen molar-refractivity contribution >= 4 is 27.6 Å². The zero-order chi connectivity index (χ0) is 18.4. The van der Waals surface area contributed by atoms with Gasteiger partial charge >= 0.3 is 0 Å². The molecule has 2 aromatic rings. The SMILES string of the molecule is CCN(CC)S(=O)(=O)c1cc([N+](=O)[O-])ccc1N/N=C/c1ccc[nH]1. The Hall–Kier alpha value is -2.72. The van der Waals surface area contributed by atoms with Crippen molar-refractivity contribution in [1.29, 1.82) is 0 Å². The first-order valence-corrected chi connectivity index (χ1v) is 9.05. The third-order valence-corrected chi connectivity index (χ3v) is 5.60. The molecule has 0 fully saturated rings. The molecule has 9 nitrogen and oxygen atoms in total. The number of nitro benzene ring substituents is 1. The van der Waals surface area contributed by atoms with Crippen molar-refractivity contribution in [2.75, 3.05) is 18.5 Å². The van der Waals surface area contributed by atoms with Gasteiger partial charge in [-0.2, -0.15) is 9.41 Å². The summed E-state index contributed by atoms with van der Waals surface area (Å²) in [5.74, 6) is 0. The molecule has 1 aromatic heterocycles. The van der Waals surface area contributed by atoms with E-state index in [0.717, 1.165) is 11.8 Å². The number of sulfonamides is 1. The summed E-state index contributed by atoms with van der Waals surface area (Å²) in [7, 11) is -3.89. The van der Waals surface area contributed by atoms with Gasteiger partial charge in [0.2, 0.25) is 10.0 Å². The summed E-state index contributed by atoms with van der Waals surface area (Å²) < 4.78 is 26.8. The zero-order valence-corrected chi connectivity index (χ0v) is 14.7. The number of benzene rings is 1. The van der Waals surface area contributed by atoms with Crippen LogP contribution in [0.25, 0.3) is 0 Å². The number of aromatic nitrogens is 1. The molecule has 10 heteroatoms. The van der Waals surface area contributed by atoms with E-state index in [0.29, 0.717) is 0 Å². The highest BCUT2D eigenvalue weighted by Gasteiger charge is 2.27. The van der Waals surface area contributed by atoms with Gasteiger partial charge in [0.05, 0.1) is 22.5 Å². The average molecular weight is 365 g/mol. The standard InChI is InChI=1S/C15H19N5O4S/c1-3-19(4-2)25(23,24)15-10-13(20(21)22)7-8-14(15)18-17-11-12-6-5-9-16-12/h5-11,16,18H,3-4H2,1-2H3/b17-11+. The van der Waals surface area contributed by atoms with E-state index < -0.39 is 14.9 Å². The van der Waals surface area contributed by atoms with Gasteiger partial charge in [0, 0.05) is 31.4 Å². The van der Waals surface area contributed by atoms with Crippen LogP contribution in [0.1, 0.15) is 19.5 Å². The second kappa shape index (κ2) is 7.90. The highest BCUT2D eigenvalue weighted by atomic mass is 32.2. The number of non-ortho nitro benzene ring substituents is 1. The molecular formula is C15H19N5O4S. The van der Waals surface area contributed by atoms with E-state index in [2.05, 4.69) is 15.5 Å². The number of aromatic amines is 1. The summed E-state index contributed by atoms with van der Waals surface area (Å²) >= 11 is 0. The van der Waals surface area contributed by atoms with Gasteiger partial charge in [-0.1, -0.05) is 13.8 Å². The minimum Gasteiger partial charge on any atom is -0.360 e. The van der Waals surface area contributed by atoms with E-state index in [1.807, 2.05) is 0 Å². The third kappa shape index (κ3) is 4.22. The summed E-state index contributed by atoms with van der Waals surface area (Å²) in [6, 6.07) is 7.19. The van der Waals surface area contributed by atoms with Crippen LogP contribution in [0.4, 0.5) is 11.4 Å². The largest absolute Gasteiger partial charge is 0.360 e. The van der Waals surface area contributed by atoms with Gasteiger partial charge in [0.15, 0.2) is 0 Å². The molecule has 0 aliphatic rings. The first-order valence-electron chi connectivity index (χ1n) is 7.61. The Labute approximate surface area is 145 Å². The highest BCUT2D eigenvalue weighted by Crippen LogP contribution is 2.29. The van der Waals surface area contributed by atoms with Crippen molar-refractivity contribution < 1.29 is 13.3 Å². The molecule has 0 unspecified atom stereocenters. The molecular weight excluding hydrogens is 346 g/mol. The minimum absolute atomic E-state index is 0.167. The molecule has 1 aromatic carbocycles. The van der Waals surface area contributed by atoms with E-state index >= 15 is 0 Å². The van der Waals surface area contributed by atoms with Crippen LogP contribution in [0.2, 0.25) is 0 Å². The predicted octanol–water partition coefficient (Wildman–Crippen LogP) is 2.40. The molecule has 0 saturated carbocycles. The Morgan fingerprint density at radius 1 is 1.32 bits per heavy atom. The monoisotopic (exact) mass is 365 g/mol. The predicted molar refractivity (Wildman–Crippen MR) is 95.2 cm³/mol. The molecule has 2 rings (SSSR count). The lowest BCUT2D eigenvalue weighted by Gasteiger charge is -2.20. The quantitative estimate of drug-likeness (QED) is 0.423. The fraction of sp³-hybridized carbons (Fsp3) is 0.267. The Morgan fingerprint density at radius 3 is 2.60 bits per heavy atom. The average Bonchev–Trinajstić information content (AvgIpc) is 3.09. The lowest BCUT2D eigenvalue weighted by Crippen LogP contribution is -2.31. The summed E-state index contributed by atoms with van der Waals surface area (Å²) in [5.41, 5.74) is 3.24. The third-order valence-electron chi connectivity index (χ3n) is 3.51. The first kappa shape index (κ1) is 18.6. The minimum atomic E-state index is -3.89. The van der Waals surface area contributed by atoms with Crippen LogP contribution in [0.15, 0.2) is 46.5 Å². The van der Waals surface area contributed by atoms with Gasteiger partial charge in [-0.25, -0.2) is 8.42 Å². The Morgan fingerprint density at radius 2 is 2.04 bits per heavy atom. The number of nitrogens with one attached hydrogen (secondary N) is 2. The molecule has 0 bridgehead atoms. The molecule has 25 heavy (non-hydrogen) atoms. The second-order valence-corrected chi connectivity index (χ2v) is 6.93. The second-order valence-electron chi connectivity index (χ2n) is 5.02. The van der Waals surface area contributed by atoms with E-state index in [-0.39, 0.29) is 29.4 Å². The van der Waals surface area contributed by atoms with Crippen molar-refractivity contribution in [3.05, 3.63) is 52.3 Å². The van der Waals surface area contributed by atoms with Crippen molar-refractivity contribution in [1.82, 2.24) is 9.29 Å². The first-order chi connectivity index (χ1) is 11.9. The number of hydrogen-bond donors (Lipinski definition) is 2. The fourth-order valence-corrected chi connectivity index (χ4v) is 3.85. The smallest absolute Gasteiger partial charge is 0.270 e. The zero-order valence-electron chi connectivity index (χ0n) is 13.8. The van der Waals surface area contributed by atoms with Crippen LogP contribution >= 0.6 is 0 Å². The van der Waals surface area contributed by atoms with Crippen LogP contribution in [0.5, 0.6) is 0 Å². The maximum absolute atomic E-state index is 12.8. The van der Waals surface area contributed by atoms with E-state index in [4.69, 9.17) is 0 Å². The number of nitro groups is 1. The molecule has 0 aliphatic carbocycles. The van der Waals surface area contributed by atoms with E-state index in [1.165, 1.54) is 22.7 Å². The molecule has 0 atom stereocenters. The number of hydrogen-bond acceptors (Lipinski definition) is 6.